The van der Waals surface area contributed by atoms with Gasteiger partial charge in [0.2, 0.25) is 0 Å². The summed E-state index contributed by atoms with van der Waals surface area (Å²) in [6.07, 6.45) is 0. The molecule has 2 amide bonds. The third-order valence-electron chi connectivity index (χ3n) is 3.87. The fourth-order valence-electron chi connectivity index (χ4n) is 2.66. The lowest BCUT2D eigenvalue weighted by atomic mass is 10.1. The van der Waals surface area contributed by atoms with Gasteiger partial charge in [-0.2, -0.15) is 0 Å². The van der Waals surface area contributed by atoms with Crippen molar-refractivity contribution < 1.29 is 14.3 Å². The van der Waals surface area contributed by atoms with Crippen molar-refractivity contribution in [3.8, 4) is 5.75 Å². The van der Waals surface area contributed by atoms with E-state index >= 15 is 0 Å². The van der Waals surface area contributed by atoms with Crippen molar-refractivity contribution in [3.05, 3.63) is 53.6 Å². The minimum absolute atomic E-state index is 0.0238. The zero-order valence-corrected chi connectivity index (χ0v) is 13.1. The second-order valence-corrected chi connectivity index (χ2v) is 5.38. The van der Waals surface area contributed by atoms with Crippen LogP contribution in [0.5, 0.6) is 5.75 Å². The summed E-state index contributed by atoms with van der Waals surface area (Å²) in [4.78, 5) is 25.8. The quantitative estimate of drug-likeness (QED) is 0.948. The van der Waals surface area contributed by atoms with Gasteiger partial charge in [-0.15, -0.1) is 0 Å². The third-order valence-corrected chi connectivity index (χ3v) is 3.87. The molecule has 0 atom stereocenters. The van der Waals surface area contributed by atoms with E-state index in [1.165, 1.54) is 0 Å². The number of fused-ring (bicyclic) bond motifs is 1. The van der Waals surface area contributed by atoms with Gasteiger partial charge in [-0.25, -0.2) is 0 Å². The molecule has 1 aliphatic rings. The van der Waals surface area contributed by atoms with Gasteiger partial charge in [-0.3, -0.25) is 9.59 Å². The summed E-state index contributed by atoms with van der Waals surface area (Å²) in [5.74, 6) is 0.382. The monoisotopic (exact) mass is 310 g/mol. The SMILES string of the molecule is CCN1C(=O)COc2cc(NC(=O)c3ccccc3C)ccc21. The van der Waals surface area contributed by atoms with Gasteiger partial charge in [0.1, 0.15) is 5.75 Å². The average Bonchev–Trinajstić information content (AvgIpc) is 2.55. The van der Waals surface area contributed by atoms with Gasteiger partial charge in [-0.05, 0) is 37.6 Å². The molecule has 118 valence electrons. The molecule has 0 saturated heterocycles. The Labute approximate surface area is 134 Å². The number of likely N-dealkylation sites (N-methyl/N-ethyl adjacent to an activating group) is 1. The van der Waals surface area contributed by atoms with Gasteiger partial charge < -0.3 is 15.0 Å². The number of benzene rings is 2. The molecule has 0 saturated carbocycles. The Morgan fingerprint density at radius 2 is 2.04 bits per heavy atom. The molecule has 0 bridgehead atoms. The summed E-state index contributed by atoms with van der Waals surface area (Å²) in [6.45, 7) is 4.43. The van der Waals surface area contributed by atoms with Gasteiger partial charge in [-0.1, -0.05) is 18.2 Å². The molecule has 0 spiro atoms. The highest BCUT2D eigenvalue weighted by atomic mass is 16.5. The Morgan fingerprint density at radius 1 is 1.26 bits per heavy atom. The first kappa shape index (κ1) is 15.1. The van der Waals surface area contributed by atoms with E-state index in [4.69, 9.17) is 4.74 Å². The molecular formula is C18H18N2O3. The smallest absolute Gasteiger partial charge is 0.265 e. The number of hydrogen-bond acceptors (Lipinski definition) is 3. The molecule has 0 radical (unpaired) electrons. The number of nitrogens with one attached hydrogen (secondary N) is 1. The standard InChI is InChI=1S/C18H18N2O3/c1-3-20-15-9-8-13(10-16(15)23-11-17(20)21)19-18(22)14-7-5-4-6-12(14)2/h4-10H,3,11H2,1-2H3,(H,19,22). The van der Waals surface area contributed by atoms with Crippen molar-refractivity contribution in [2.24, 2.45) is 0 Å². The fraction of sp³-hybridized carbons (Fsp3) is 0.222. The molecule has 0 unspecified atom stereocenters. The molecule has 1 aliphatic heterocycles. The molecule has 0 aromatic heterocycles. The molecule has 1 N–H and O–H groups in total. The maximum absolute atomic E-state index is 12.4. The number of carbonyl (C=O) groups is 2. The van der Waals surface area contributed by atoms with Crippen LogP contribution in [0.2, 0.25) is 0 Å². The second kappa shape index (κ2) is 6.12. The van der Waals surface area contributed by atoms with Crippen LogP contribution in [0.1, 0.15) is 22.8 Å². The van der Waals surface area contributed by atoms with E-state index in [0.717, 1.165) is 11.3 Å². The lowest BCUT2D eigenvalue weighted by Gasteiger charge is -2.28. The minimum Gasteiger partial charge on any atom is -0.481 e. The molecule has 2 aromatic carbocycles. The summed E-state index contributed by atoms with van der Waals surface area (Å²) < 4.78 is 5.48. The third kappa shape index (κ3) is 2.90. The molecule has 0 fully saturated rings. The van der Waals surface area contributed by atoms with Crippen LogP contribution in [0.25, 0.3) is 0 Å². The number of ether oxygens (including phenoxy) is 1. The topological polar surface area (TPSA) is 58.6 Å². The highest BCUT2D eigenvalue weighted by Gasteiger charge is 2.24. The molecule has 1 heterocycles. The number of rotatable bonds is 3. The van der Waals surface area contributed by atoms with E-state index in [-0.39, 0.29) is 18.4 Å². The molecule has 3 rings (SSSR count). The maximum atomic E-state index is 12.4. The number of amides is 2. The predicted molar refractivity (Wildman–Crippen MR) is 89.1 cm³/mol. The largest absolute Gasteiger partial charge is 0.481 e. The maximum Gasteiger partial charge on any atom is 0.265 e. The van der Waals surface area contributed by atoms with Crippen molar-refractivity contribution in [2.45, 2.75) is 13.8 Å². The van der Waals surface area contributed by atoms with Crippen LogP contribution < -0.4 is 15.0 Å². The zero-order valence-electron chi connectivity index (χ0n) is 13.1. The van der Waals surface area contributed by atoms with Crippen molar-refractivity contribution in [2.75, 3.05) is 23.4 Å². The fourth-order valence-corrected chi connectivity index (χ4v) is 2.66. The van der Waals surface area contributed by atoms with Crippen LogP contribution in [0, 0.1) is 6.92 Å². The molecule has 0 aliphatic carbocycles. The first-order valence-electron chi connectivity index (χ1n) is 7.54. The summed E-state index contributed by atoms with van der Waals surface area (Å²) in [5, 5.41) is 2.87. The van der Waals surface area contributed by atoms with Crippen LogP contribution >= 0.6 is 0 Å². The highest BCUT2D eigenvalue weighted by molar-refractivity contribution is 6.06. The van der Waals surface area contributed by atoms with Crippen molar-refractivity contribution in [1.29, 1.82) is 0 Å². The van der Waals surface area contributed by atoms with Crippen LogP contribution in [0.3, 0.4) is 0 Å². The van der Waals surface area contributed by atoms with E-state index < -0.39 is 0 Å². The molecular weight excluding hydrogens is 292 g/mol. The Balaban J connectivity index is 1.84. The summed E-state index contributed by atoms with van der Waals surface area (Å²) in [7, 11) is 0. The molecule has 23 heavy (non-hydrogen) atoms. The number of carbonyl (C=O) groups excluding carboxylic acids is 2. The minimum atomic E-state index is -0.165. The highest BCUT2D eigenvalue weighted by Crippen LogP contribution is 2.34. The van der Waals surface area contributed by atoms with Crippen LogP contribution in [0.15, 0.2) is 42.5 Å². The van der Waals surface area contributed by atoms with Crippen molar-refractivity contribution in [1.82, 2.24) is 0 Å². The van der Waals surface area contributed by atoms with E-state index in [0.29, 0.717) is 23.5 Å². The normalized spacial score (nSPS) is 13.3. The number of aryl methyl sites for hydroxylation is 1. The zero-order chi connectivity index (χ0) is 16.4. The van der Waals surface area contributed by atoms with Crippen LogP contribution in [-0.4, -0.2) is 25.0 Å². The Bertz CT molecular complexity index is 771. The van der Waals surface area contributed by atoms with E-state index in [1.807, 2.05) is 32.0 Å². The lowest BCUT2D eigenvalue weighted by Crippen LogP contribution is -2.38. The number of nitrogens with zero attached hydrogens (tertiary/aromatic N) is 1. The molecule has 2 aromatic rings. The van der Waals surface area contributed by atoms with Crippen molar-refractivity contribution >= 4 is 23.2 Å². The number of anilines is 2. The summed E-state index contributed by atoms with van der Waals surface area (Å²) in [5.41, 5.74) is 2.93. The second-order valence-electron chi connectivity index (χ2n) is 5.38. The van der Waals surface area contributed by atoms with Gasteiger partial charge in [0, 0.05) is 23.9 Å². The van der Waals surface area contributed by atoms with Crippen LogP contribution in [0.4, 0.5) is 11.4 Å². The number of hydrogen-bond donors (Lipinski definition) is 1. The van der Waals surface area contributed by atoms with Crippen molar-refractivity contribution in [3.63, 3.8) is 0 Å². The first-order valence-corrected chi connectivity index (χ1v) is 7.54. The van der Waals surface area contributed by atoms with Gasteiger partial charge in [0.05, 0.1) is 5.69 Å². The van der Waals surface area contributed by atoms with Gasteiger partial charge in [0.25, 0.3) is 11.8 Å². The predicted octanol–water partition coefficient (Wildman–Crippen LogP) is 2.99. The van der Waals surface area contributed by atoms with Gasteiger partial charge in [0.15, 0.2) is 6.61 Å². The van der Waals surface area contributed by atoms with E-state index in [9.17, 15) is 9.59 Å². The van der Waals surface area contributed by atoms with E-state index in [2.05, 4.69) is 5.32 Å². The van der Waals surface area contributed by atoms with E-state index in [1.54, 1.807) is 29.2 Å². The van der Waals surface area contributed by atoms with Crippen LogP contribution in [-0.2, 0) is 4.79 Å². The molecule has 5 heteroatoms. The van der Waals surface area contributed by atoms with Gasteiger partial charge >= 0.3 is 0 Å². The first-order chi connectivity index (χ1) is 11.1. The molecule has 5 nitrogen and oxygen atoms in total. The Hall–Kier alpha value is -2.82. The summed E-state index contributed by atoms with van der Waals surface area (Å²) >= 11 is 0. The average molecular weight is 310 g/mol. The summed E-state index contributed by atoms with van der Waals surface area (Å²) in [6, 6.07) is 12.7. The lowest BCUT2D eigenvalue weighted by molar-refractivity contribution is -0.121. The Kier molecular flexibility index (Phi) is 4.02. The Morgan fingerprint density at radius 3 is 2.78 bits per heavy atom.